The highest BCUT2D eigenvalue weighted by Gasteiger charge is 2.10. The maximum Gasteiger partial charge on any atom is 0.270 e. The number of hydrogen-bond donors (Lipinski definition) is 0. The fourth-order valence-corrected chi connectivity index (χ4v) is 2.63. The van der Waals surface area contributed by atoms with Gasteiger partial charge in [0.25, 0.3) is 11.2 Å². The minimum absolute atomic E-state index is 0.00780. The quantitative estimate of drug-likeness (QED) is 0.540. The predicted molar refractivity (Wildman–Crippen MR) is 95.6 cm³/mol. The van der Waals surface area contributed by atoms with E-state index in [0.717, 1.165) is 16.7 Å². The standard InChI is InChI=1S/C19H17N3O3/c1-13-6-7-14(2)16(10-13)12-21-19(23)9-8-18(20-21)15-4-3-5-17(11-15)22(24)25/h3-11H,12H2,1-2H3. The second kappa shape index (κ2) is 6.68. The lowest BCUT2D eigenvalue weighted by atomic mass is 10.1. The summed E-state index contributed by atoms with van der Waals surface area (Å²) in [4.78, 5) is 22.7. The van der Waals surface area contributed by atoms with Crippen LogP contribution in [0.3, 0.4) is 0 Å². The van der Waals surface area contributed by atoms with E-state index in [1.807, 2.05) is 32.0 Å². The van der Waals surface area contributed by atoms with Gasteiger partial charge in [0.05, 0.1) is 17.2 Å². The number of non-ortho nitro benzene ring substituents is 1. The zero-order chi connectivity index (χ0) is 18.0. The Labute approximate surface area is 144 Å². The number of hydrogen-bond acceptors (Lipinski definition) is 4. The van der Waals surface area contributed by atoms with E-state index in [0.29, 0.717) is 17.8 Å². The Bertz CT molecular complexity index is 1010. The number of rotatable bonds is 4. The van der Waals surface area contributed by atoms with Gasteiger partial charge < -0.3 is 0 Å². The van der Waals surface area contributed by atoms with E-state index in [2.05, 4.69) is 5.10 Å². The Balaban J connectivity index is 2.01. The molecule has 3 rings (SSSR count). The Morgan fingerprint density at radius 2 is 1.88 bits per heavy atom. The van der Waals surface area contributed by atoms with Gasteiger partial charge in [0.2, 0.25) is 0 Å². The average Bonchev–Trinajstić information content (AvgIpc) is 2.60. The van der Waals surface area contributed by atoms with E-state index >= 15 is 0 Å². The van der Waals surface area contributed by atoms with Crippen LogP contribution in [0, 0.1) is 24.0 Å². The largest absolute Gasteiger partial charge is 0.270 e. The topological polar surface area (TPSA) is 78.0 Å². The first kappa shape index (κ1) is 16.6. The minimum Gasteiger partial charge on any atom is -0.268 e. The molecule has 0 N–H and O–H groups in total. The minimum atomic E-state index is -0.449. The van der Waals surface area contributed by atoms with Gasteiger partial charge in [0, 0.05) is 23.8 Å². The second-order valence-electron chi connectivity index (χ2n) is 5.95. The highest BCUT2D eigenvalue weighted by molar-refractivity contribution is 5.61. The summed E-state index contributed by atoms with van der Waals surface area (Å²) in [5.74, 6) is 0. The first-order valence-electron chi connectivity index (χ1n) is 7.83. The van der Waals surface area contributed by atoms with Crippen molar-refractivity contribution in [2.75, 3.05) is 0 Å². The molecule has 0 spiro atoms. The molecule has 0 amide bonds. The summed E-state index contributed by atoms with van der Waals surface area (Å²) in [7, 11) is 0. The first-order chi connectivity index (χ1) is 11.9. The lowest BCUT2D eigenvalue weighted by Crippen LogP contribution is -2.23. The van der Waals surface area contributed by atoms with Gasteiger partial charge in [-0.15, -0.1) is 0 Å². The van der Waals surface area contributed by atoms with Crippen LogP contribution in [-0.2, 0) is 6.54 Å². The average molecular weight is 335 g/mol. The predicted octanol–water partition coefficient (Wildman–Crippen LogP) is 3.48. The van der Waals surface area contributed by atoms with Crippen LogP contribution in [0.25, 0.3) is 11.3 Å². The van der Waals surface area contributed by atoms with Crippen molar-refractivity contribution in [3.8, 4) is 11.3 Å². The number of nitro benzene ring substituents is 1. The molecule has 6 nitrogen and oxygen atoms in total. The van der Waals surface area contributed by atoms with E-state index in [9.17, 15) is 14.9 Å². The van der Waals surface area contributed by atoms with Gasteiger partial charge in [-0.3, -0.25) is 14.9 Å². The molecule has 0 aliphatic rings. The molecule has 1 heterocycles. The SMILES string of the molecule is Cc1ccc(C)c(Cn2nc(-c3cccc([N+](=O)[O-])c3)ccc2=O)c1. The molecule has 25 heavy (non-hydrogen) atoms. The van der Waals surface area contributed by atoms with Crippen molar-refractivity contribution in [2.45, 2.75) is 20.4 Å². The van der Waals surface area contributed by atoms with Crippen molar-refractivity contribution in [3.05, 3.63) is 91.8 Å². The van der Waals surface area contributed by atoms with Gasteiger partial charge in [-0.25, -0.2) is 4.68 Å². The number of aryl methyl sites for hydroxylation is 2. The summed E-state index contributed by atoms with van der Waals surface area (Å²) in [5.41, 5.74) is 4.12. The summed E-state index contributed by atoms with van der Waals surface area (Å²) in [6, 6.07) is 15.3. The van der Waals surface area contributed by atoms with Crippen LogP contribution in [-0.4, -0.2) is 14.7 Å². The van der Waals surface area contributed by atoms with Crippen LogP contribution in [0.2, 0.25) is 0 Å². The third-order valence-electron chi connectivity index (χ3n) is 4.04. The van der Waals surface area contributed by atoms with Crippen molar-refractivity contribution in [3.63, 3.8) is 0 Å². The molecule has 0 bridgehead atoms. The highest BCUT2D eigenvalue weighted by atomic mass is 16.6. The van der Waals surface area contributed by atoms with E-state index < -0.39 is 4.92 Å². The molecule has 2 aromatic carbocycles. The lowest BCUT2D eigenvalue weighted by Gasteiger charge is -2.10. The maximum absolute atomic E-state index is 12.2. The lowest BCUT2D eigenvalue weighted by molar-refractivity contribution is -0.384. The Morgan fingerprint density at radius 3 is 2.64 bits per heavy atom. The van der Waals surface area contributed by atoms with Crippen LogP contribution in [0.4, 0.5) is 5.69 Å². The molecule has 0 saturated carbocycles. The Kier molecular flexibility index (Phi) is 4.43. The molecule has 0 aliphatic heterocycles. The summed E-state index contributed by atoms with van der Waals surface area (Å²) >= 11 is 0. The smallest absolute Gasteiger partial charge is 0.268 e. The van der Waals surface area contributed by atoms with Gasteiger partial charge in [-0.1, -0.05) is 35.9 Å². The molecule has 3 aromatic rings. The normalized spacial score (nSPS) is 10.6. The number of nitrogens with zero attached hydrogens (tertiary/aromatic N) is 3. The van der Waals surface area contributed by atoms with Crippen LogP contribution in [0.15, 0.2) is 59.4 Å². The Morgan fingerprint density at radius 1 is 1.08 bits per heavy atom. The number of nitro groups is 1. The summed E-state index contributed by atoms with van der Waals surface area (Å²) in [6.45, 7) is 4.35. The number of benzene rings is 2. The molecule has 0 atom stereocenters. The summed E-state index contributed by atoms with van der Waals surface area (Å²) < 4.78 is 1.38. The molecule has 0 fully saturated rings. The van der Waals surface area contributed by atoms with Crippen molar-refractivity contribution in [1.82, 2.24) is 9.78 Å². The molecule has 6 heteroatoms. The fraction of sp³-hybridized carbons (Fsp3) is 0.158. The van der Waals surface area contributed by atoms with Gasteiger partial charge in [-0.2, -0.15) is 5.10 Å². The van der Waals surface area contributed by atoms with Crippen molar-refractivity contribution in [2.24, 2.45) is 0 Å². The van der Waals surface area contributed by atoms with Gasteiger partial charge >= 0.3 is 0 Å². The molecule has 1 aromatic heterocycles. The molecular formula is C19H17N3O3. The zero-order valence-corrected chi connectivity index (χ0v) is 14.0. The zero-order valence-electron chi connectivity index (χ0n) is 14.0. The number of aromatic nitrogens is 2. The summed E-state index contributed by atoms with van der Waals surface area (Å²) in [5, 5.41) is 15.3. The van der Waals surface area contributed by atoms with Gasteiger partial charge in [-0.05, 0) is 31.0 Å². The van der Waals surface area contributed by atoms with Crippen molar-refractivity contribution < 1.29 is 4.92 Å². The van der Waals surface area contributed by atoms with E-state index in [1.165, 1.54) is 22.9 Å². The third-order valence-corrected chi connectivity index (χ3v) is 4.04. The molecule has 0 aliphatic carbocycles. The molecule has 0 saturated heterocycles. The molecule has 0 unspecified atom stereocenters. The van der Waals surface area contributed by atoms with Crippen molar-refractivity contribution >= 4 is 5.69 Å². The van der Waals surface area contributed by atoms with Crippen LogP contribution in [0.5, 0.6) is 0 Å². The van der Waals surface area contributed by atoms with Crippen LogP contribution >= 0.6 is 0 Å². The van der Waals surface area contributed by atoms with Crippen molar-refractivity contribution in [1.29, 1.82) is 0 Å². The van der Waals surface area contributed by atoms with E-state index in [-0.39, 0.29) is 11.2 Å². The summed E-state index contributed by atoms with van der Waals surface area (Å²) in [6.07, 6.45) is 0. The van der Waals surface area contributed by atoms with E-state index in [4.69, 9.17) is 0 Å². The van der Waals surface area contributed by atoms with Crippen LogP contribution < -0.4 is 5.56 Å². The van der Waals surface area contributed by atoms with Crippen LogP contribution in [0.1, 0.15) is 16.7 Å². The molecular weight excluding hydrogens is 318 g/mol. The second-order valence-corrected chi connectivity index (χ2v) is 5.95. The maximum atomic E-state index is 12.2. The first-order valence-corrected chi connectivity index (χ1v) is 7.83. The highest BCUT2D eigenvalue weighted by Crippen LogP contribution is 2.21. The molecule has 0 radical (unpaired) electrons. The van der Waals surface area contributed by atoms with Gasteiger partial charge in [0.1, 0.15) is 0 Å². The van der Waals surface area contributed by atoms with Gasteiger partial charge in [0.15, 0.2) is 0 Å². The Hall–Kier alpha value is -3.28. The van der Waals surface area contributed by atoms with E-state index in [1.54, 1.807) is 18.2 Å². The molecule has 126 valence electrons. The fourth-order valence-electron chi connectivity index (χ4n) is 2.63. The third kappa shape index (κ3) is 3.63. The monoisotopic (exact) mass is 335 g/mol.